The Hall–Kier alpha value is -3.29. The van der Waals surface area contributed by atoms with Crippen LogP contribution < -0.4 is 5.73 Å². The normalized spacial score (nSPS) is 10.7. The molecule has 1 aromatic carbocycles. The molecule has 2 aromatic heterocycles. The number of carbonyl (C=O) groups excluding carboxylic acids is 2. The third kappa shape index (κ3) is 3.00. The zero-order valence-electron chi connectivity index (χ0n) is 12.3. The van der Waals surface area contributed by atoms with Gasteiger partial charge in [-0.1, -0.05) is 12.1 Å². The zero-order chi connectivity index (χ0) is 16.4. The Balaban J connectivity index is 1.70. The van der Waals surface area contributed by atoms with Gasteiger partial charge >= 0.3 is 5.97 Å². The van der Waals surface area contributed by atoms with E-state index in [1.807, 2.05) is 6.92 Å². The molecule has 0 aliphatic rings. The number of fused-ring (bicyclic) bond motifs is 1. The Bertz CT molecular complexity index is 886. The van der Waals surface area contributed by atoms with Gasteiger partial charge in [-0.3, -0.25) is 4.79 Å². The first-order chi connectivity index (χ1) is 11.0. The SMILES string of the molecule is Cc1ccnc2nc(C(=O)OCc3ccc(C(N)=O)cc3)nn12. The molecule has 2 N–H and O–H groups in total. The van der Waals surface area contributed by atoms with E-state index in [1.54, 1.807) is 36.5 Å². The number of nitrogens with zero attached hydrogens (tertiary/aromatic N) is 4. The largest absolute Gasteiger partial charge is 0.455 e. The molecule has 0 radical (unpaired) electrons. The van der Waals surface area contributed by atoms with E-state index < -0.39 is 11.9 Å². The third-order valence-electron chi connectivity index (χ3n) is 3.22. The molecular weight excluding hydrogens is 298 g/mol. The topological polar surface area (TPSA) is 112 Å². The summed E-state index contributed by atoms with van der Waals surface area (Å²) in [7, 11) is 0. The molecule has 3 aromatic rings. The average Bonchev–Trinajstić information content (AvgIpc) is 2.99. The maximum Gasteiger partial charge on any atom is 0.378 e. The highest BCUT2D eigenvalue weighted by Gasteiger charge is 2.16. The van der Waals surface area contributed by atoms with Crippen LogP contribution in [0.4, 0.5) is 0 Å². The van der Waals surface area contributed by atoms with Gasteiger partial charge in [-0.05, 0) is 30.7 Å². The Morgan fingerprint density at radius 2 is 1.96 bits per heavy atom. The van der Waals surface area contributed by atoms with E-state index in [9.17, 15) is 9.59 Å². The fraction of sp³-hybridized carbons (Fsp3) is 0.133. The highest BCUT2D eigenvalue weighted by Crippen LogP contribution is 2.08. The number of hydrogen-bond donors (Lipinski definition) is 1. The second-order valence-electron chi connectivity index (χ2n) is 4.87. The number of benzene rings is 1. The van der Waals surface area contributed by atoms with Crippen LogP contribution in [0, 0.1) is 6.92 Å². The van der Waals surface area contributed by atoms with Gasteiger partial charge in [0.25, 0.3) is 11.6 Å². The van der Waals surface area contributed by atoms with Crippen molar-refractivity contribution in [3.63, 3.8) is 0 Å². The van der Waals surface area contributed by atoms with E-state index in [0.29, 0.717) is 11.3 Å². The molecule has 0 aliphatic heterocycles. The van der Waals surface area contributed by atoms with Gasteiger partial charge in [-0.15, -0.1) is 5.10 Å². The van der Waals surface area contributed by atoms with Crippen molar-refractivity contribution in [1.82, 2.24) is 19.6 Å². The van der Waals surface area contributed by atoms with Crippen molar-refractivity contribution in [2.45, 2.75) is 13.5 Å². The number of carbonyl (C=O) groups is 2. The highest BCUT2D eigenvalue weighted by atomic mass is 16.5. The summed E-state index contributed by atoms with van der Waals surface area (Å²) in [5, 5.41) is 4.07. The molecule has 0 saturated heterocycles. The molecule has 116 valence electrons. The number of aromatic nitrogens is 4. The van der Waals surface area contributed by atoms with E-state index >= 15 is 0 Å². The van der Waals surface area contributed by atoms with E-state index in [-0.39, 0.29) is 12.4 Å². The number of nitrogens with two attached hydrogens (primary N) is 1. The van der Waals surface area contributed by atoms with Crippen molar-refractivity contribution < 1.29 is 14.3 Å². The molecule has 0 fully saturated rings. The van der Waals surface area contributed by atoms with Crippen LogP contribution in [-0.2, 0) is 11.3 Å². The van der Waals surface area contributed by atoms with Crippen LogP contribution >= 0.6 is 0 Å². The third-order valence-corrected chi connectivity index (χ3v) is 3.22. The Labute approximate surface area is 130 Å². The summed E-state index contributed by atoms with van der Waals surface area (Å²) in [6.07, 6.45) is 1.59. The molecule has 0 bridgehead atoms. The molecule has 0 aliphatic carbocycles. The number of ether oxygens (including phenoxy) is 1. The van der Waals surface area contributed by atoms with Crippen LogP contribution in [0.5, 0.6) is 0 Å². The van der Waals surface area contributed by atoms with Crippen LogP contribution in [0.1, 0.15) is 32.2 Å². The first-order valence-corrected chi connectivity index (χ1v) is 6.79. The second-order valence-corrected chi connectivity index (χ2v) is 4.87. The Morgan fingerprint density at radius 3 is 2.61 bits per heavy atom. The minimum atomic E-state index is -0.645. The van der Waals surface area contributed by atoms with Crippen molar-refractivity contribution in [2.24, 2.45) is 5.73 Å². The predicted molar refractivity (Wildman–Crippen MR) is 79.6 cm³/mol. The summed E-state index contributed by atoms with van der Waals surface area (Å²) < 4.78 is 6.63. The number of rotatable bonds is 4. The minimum absolute atomic E-state index is 0.0415. The lowest BCUT2D eigenvalue weighted by Crippen LogP contribution is -2.11. The van der Waals surface area contributed by atoms with Crippen LogP contribution in [0.15, 0.2) is 36.5 Å². The predicted octanol–water partition coefficient (Wildman–Crippen LogP) is 0.889. The molecule has 8 nitrogen and oxygen atoms in total. The van der Waals surface area contributed by atoms with Gasteiger partial charge in [0.15, 0.2) is 0 Å². The zero-order valence-corrected chi connectivity index (χ0v) is 12.3. The smallest absolute Gasteiger partial charge is 0.378 e. The monoisotopic (exact) mass is 311 g/mol. The summed E-state index contributed by atoms with van der Waals surface area (Å²) in [6, 6.07) is 8.23. The second kappa shape index (κ2) is 5.84. The molecule has 0 saturated carbocycles. The lowest BCUT2D eigenvalue weighted by atomic mass is 10.1. The summed E-state index contributed by atoms with van der Waals surface area (Å²) in [5.41, 5.74) is 7.09. The van der Waals surface area contributed by atoms with Gasteiger partial charge in [-0.25, -0.2) is 14.3 Å². The van der Waals surface area contributed by atoms with E-state index in [0.717, 1.165) is 11.3 Å². The maximum absolute atomic E-state index is 12.0. The van der Waals surface area contributed by atoms with Crippen molar-refractivity contribution >= 4 is 17.7 Å². The fourth-order valence-corrected chi connectivity index (χ4v) is 1.97. The van der Waals surface area contributed by atoms with Crippen molar-refractivity contribution in [3.05, 3.63) is 59.2 Å². The lowest BCUT2D eigenvalue weighted by molar-refractivity contribution is 0.0458. The number of hydrogen-bond acceptors (Lipinski definition) is 6. The molecule has 23 heavy (non-hydrogen) atoms. The minimum Gasteiger partial charge on any atom is -0.455 e. The number of amides is 1. The van der Waals surface area contributed by atoms with Crippen LogP contribution in [0.2, 0.25) is 0 Å². The molecule has 0 spiro atoms. The first kappa shape index (κ1) is 14.6. The molecule has 3 rings (SSSR count). The van der Waals surface area contributed by atoms with Crippen molar-refractivity contribution in [1.29, 1.82) is 0 Å². The van der Waals surface area contributed by atoms with E-state index in [2.05, 4.69) is 15.1 Å². The first-order valence-electron chi connectivity index (χ1n) is 6.79. The van der Waals surface area contributed by atoms with Crippen LogP contribution in [-0.4, -0.2) is 31.5 Å². The van der Waals surface area contributed by atoms with Gasteiger partial charge < -0.3 is 10.5 Å². The molecule has 1 amide bonds. The van der Waals surface area contributed by atoms with Gasteiger partial charge in [0.2, 0.25) is 5.91 Å². The summed E-state index contributed by atoms with van der Waals surface area (Å²) in [5.74, 6) is -0.873. The summed E-state index contributed by atoms with van der Waals surface area (Å²) >= 11 is 0. The summed E-state index contributed by atoms with van der Waals surface area (Å²) in [6.45, 7) is 1.87. The van der Waals surface area contributed by atoms with Gasteiger partial charge in [-0.2, -0.15) is 4.98 Å². The highest BCUT2D eigenvalue weighted by molar-refractivity contribution is 5.92. The maximum atomic E-state index is 12.0. The molecule has 0 unspecified atom stereocenters. The number of esters is 1. The van der Waals surface area contributed by atoms with E-state index in [4.69, 9.17) is 10.5 Å². The Kier molecular flexibility index (Phi) is 3.71. The van der Waals surface area contributed by atoms with Crippen LogP contribution in [0.3, 0.4) is 0 Å². The quantitative estimate of drug-likeness (QED) is 0.716. The average molecular weight is 311 g/mol. The Morgan fingerprint density at radius 1 is 1.22 bits per heavy atom. The van der Waals surface area contributed by atoms with Gasteiger partial charge in [0, 0.05) is 17.5 Å². The molecule has 8 heteroatoms. The lowest BCUT2D eigenvalue weighted by Gasteiger charge is -2.03. The van der Waals surface area contributed by atoms with Gasteiger partial charge in [0.1, 0.15) is 6.61 Å². The van der Waals surface area contributed by atoms with Crippen LogP contribution in [0.25, 0.3) is 5.78 Å². The van der Waals surface area contributed by atoms with Crippen molar-refractivity contribution in [2.75, 3.05) is 0 Å². The fourth-order valence-electron chi connectivity index (χ4n) is 1.97. The standard InChI is InChI=1S/C15H13N5O3/c1-9-6-7-17-15-18-13(19-20(9)15)14(22)23-8-10-2-4-11(5-3-10)12(16)21/h2-7H,8H2,1H3,(H2,16,21). The van der Waals surface area contributed by atoms with Gasteiger partial charge in [0.05, 0.1) is 0 Å². The van der Waals surface area contributed by atoms with E-state index in [1.165, 1.54) is 4.52 Å². The number of aryl methyl sites for hydroxylation is 1. The molecule has 2 heterocycles. The summed E-state index contributed by atoms with van der Waals surface area (Å²) in [4.78, 5) is 31.1. The van der Waals surface area contributed by atoms with Crippen molar-refractivity contribution in [3.8, 4) is 0 Å². The molecular formula is C15H13N5O3. The number of primary amides is 1. The molecule has 0 atom stereocenters.